The first-order chi connectivity index (χ1) is 11.4. The summed E-state index contributed by atoms with van der Waals surface area (Å²) in [5.41, 5.74) is 0.316. The molecule has 0 saturated heterocycles. The van der Waals surface area contributed by atoms with Crippen LogP contribution in [0.15, 0.2) is 10.3 Å². The molecule has 8 nitrogen and oxygen atoms in total. The lowest BCUT2D eigenvalue weighted by atomic mass is 10.3. The molecule has 0 aromatic rings. The number of carbonyl (C=O) groups is 2. The van der Waals surface area contributed by atoms with E-state index in [1.54, 1.807) is 27.7 Å². The summed E-state index contributed by atoms with van der Waals surface area (Å²) in [6.45, 7) is 7.49. The Hall–Kier alpha value is -1.42. The molecule has 0 fully saturated rings. The molecule has 0 aliphatic carbocycles. The third-order valence-corrected chi connectivity index (χ3v) is 5.66. The van der Waals surface area contributed by atoms with Crippen LogP contribution in [0, 0.1) is 0 Å². The second-order valence-corrected chi connectivity index (χ2v) is 7.19. The van der Waals surface area contributed by atoms with Gasteiger partial charge in [-0.05, 0) is 27.7 Å². The maximum absolute atomic E-state index is 11.9. The summed E-state index contributed by atoms with van der Waals surface area (Å²) in [5.74, 6) is -1.08. The zero-order valence-corrected chi connectivity index (χ0v) is 16.4. The van der Waals surface area contributed by atoms with Gasteiger partial charge in [-0.2, -0.15) is 0 Å². The van der Waals surface area contributed by atoms with E-state index in [0.717, 1.165) is 0 Å². The Kier molecular flexibility index (Phi) is 12.2. The second kappa shape index (κ2) is 12.9. The fourth-order valence-corrected chi connectivity index (χ4v) is 3.76. The lowest BCUT2D eigenvalue weighted by molar-refractivity contribution is -0.136. The van der Waals surface area contributed by atoms with E-state index < -0.39 is 11.9 Å². The molecule has 0 spiro atoms. The van der Waals surface area contributed by atoms with Gasteiger partial charge < -0.3 is 19.1 Å². The van der Waals surface area contributed by atoms with Gasteiger partial charge in [-0.25, -0.2) is 9.59 Å². The minimum absolute atomic E-state index is 0.158. The largest absolute Gasteiger partial charge is 0.461 e. The number of hydrogen-bond donors (Lipinski definition) is 0. The van der Waals surface area contributed by atoms with Gasteiger partial charge in [-0.15, -0.1) is 0 Å². The zero-order chi connectivity index (χ0) is 18.5. The van der Waals surface area contributed by atoms with Crippen LogP contribution in [0.2, 0.25) is 0 Å². The van der Waals surface area contributed by atoms with Crippen molar-refractivity contribution >= 4 is 44.9 Å². The van der Waals surface area contributed by atoms with Crippen molar-refractivity contribution in [1.82, 2.24) is 0 Å². The summed E-state index contributed by atoms with van der Waals surface area (Å²) in [7, 11) is 5.39. The summed E-state index contributed by atoms with van der Waals surface area (Å²) >= 11 is 0. The average molecular weight is 380 g/mol. The SMILES string of the molecule is CCOC(=O)C(=NOC)C(C)SSC(C)C(=NOC)C(=O)OCC. The average Bonchev–Trinajstić information content (AvgIpc) is 2.55. The van der Waals surface area contributed by atoms with Gasteiger partial charge in [0.25, 0.3) is 0 Å². The predicted molar refractivity (Wildman–Crippen MR) is 96.3 cm³/mol. The molecule has 24 heavy (non-hydrogen) atoms. The lowest BCUT2D eigenvalue weighted by Gasteiger charge is -2.16. The molecule has 0 rings (SSSR count). The number of esters is 2. The van der Waals surface area contributed by atoms with Crippen molar-refractivity contribution in [2.75, 3.05) is 27.4 Å². The van der Waals surface area contributed by atoms with Crippen LogP contribution in [0.5, 0.6) is 0 Å². The van der Waals surface area contributed by atoms with E-state index in [4.69, 9.17) is 19.1 Å². The molecule has 0 heterocycles. The van der Waals surface area contributed by atoms with Crippen LogP contribution in [0.1, 0.15) is 27.7 Å². The minimum atomic E-state index is -0.538. The first-order valence-electron chi connectivity index (χ1n) is 7.31. The summed E-state index contributed by atoms with van der Waals surface area (Å²) in [5, 5.41) is 6.82. The van der Waals surface area contributed by atoms with Crippen molar-refractivity contribution in [2.45, 2.75) is 38.2 Å². The van der Waals surface area contributed by atoms with Crippen LogP contribution in [0.3, 0.4) is 0 Å². The van der Waals surface area contributed by atoms with Crippen LogP contribution in [-0.2, 0) is 28.7 Å². The van der Waals surface area contributed by atoms with Crippen LogP contribution >= 0.6 is 21.6 Å². The van der Waals surface area contributed by atoms with Gasteiger partial charge in [0.1, 0.15) is 14.2 Å². The smallest absolute Gasteiger partial charge is 0.357 e. The van der Waals surface area contributed by atoms with Gasteiger partial charge in [0.05, 0.1) is 23.7 Å². The number of ether oxygens (including phenoxy) is 2. The monoisotopic (exact) mass is 380 g/mol. The van der Waals surface area contributed by atoms with Gasteiger partial charge in [-0.3, -0.25) is 0 Å². The van der Waals surface area contributed by atoms with E-state index in [9.17, 15) is 9.59 Å². The standard InChI is InChI=1S/C14H24N2O6S2/c1-7-21-13(17)11(15-19-5)9(3)23-24-10(4)12(16-20-6)14(18)22-8-2/h9-10H,7-8H2,1-6H3. The summed E-state index contributed by atoms with van der Waals surface area (Å²) < 4.78 is 9.90. The molecular weight excluding hydrogens is 356 g/mol. The maximum Gasteiger partial charge on any atom is 0.357 e. The van der Waals surface area contributed by atoms with Crippen LogP contribution in [-0.4, -0.2) is 61.3 Å². The van der Waals surface area contributed by atoms with Gasteiger partial charge in [0.15, 0.2) is 11.4 Å². The molecule has 138 valence electrons. The molecular formula is C14H24N2O6S2. The van der Waals surface area contributed by atoms with Crippen molar-refractivity contribution in [3.63, 3.8) is 0 Å². The molecule has 0 amide bonds. The molecule has 0 aromatic carbocycles. The molecule has 0 aliphatic rings. The molecule has 0 aliphatic heterocycles. The van der Waals surface area contributed by atoms with Crippen LogP contribution < -0.4 is 0 Å². The molecule has 2 unspecified atom stereocenters. The Morgan fingerprint density at radius 3 is 1.42 bits per heavy atom. The Morgan fingerprint density at radius 1 is 0.833 bits per heavy atom. The fourth-order valence-electron chi connectivity index (χ4n) is 1.42. The molecule has 0 saturated carbocycles. The van der Waals surface area contributed by atoms with E-state index >= 15 is 0 Å². The number of rotatable bonds is 11. The first-order valence-corrected chi connectivity index (χ1v) is 9.58. The Labute approximate surface area is 150 Å². The number of nitrogens with zero attached hydrogens (tertiary/aromatic N) is 2. The molecule has 10 heteroatoms. The molecule has 0 N–H and O–H groups in total. The lowest BCUT2D eigenvalue weighted by Crippen LogP contribution is -2.28. The quantitative estimate of drug-likeness (QED) is 0.233. The normalized spacial score (nSPS) is 14.6. The highest BCUT2D eigenvalue weighted by atomic mass is 33.1. The Balaban J connectivity index is 4.88. The van der Waals surface area contributed by atoms with E-state index in [1.165, 1.54) is 35.8 Å². The third-order valence-electron chi connectivity index (χ3n) is 2.46. The van der Waals surface area contributed by atoms with Crippen molar-refractivity contribution in [1.29, 1.82) is 0 Å². The van der Waals surface area contributed by atoms with Crippen molar-refractivity contribution in [2.24, 2.45) is 10.3 Å². The van der Waals surface area contributed by atoms with Crippen molar-refractivity contribution < 1.29 is 28.7 Å². The second-order valence-electron chi connectivity index (χ2n) is 4.24. The van der Waals surface area contributed by atoms with E-state index in [0.29, 0.717) is 0 Å². The van der Waals surface area contributed by atoms with Gasteiger partial charge in [-0.1, -0.05) is 31.9 Å². The van der Waals surface area contributed by atoms with Gasteiger partial charge >= 0.3 is 11.9 Å². The van der Waals surface area contributed by atoms with Crippen LogP contribution in [0.4, 0.5) is 0 Å². The molecule has 0 aromatic heterocycles. The van der Waals surface area contributed by atoms with Gasteiger partial charge in [0, 0.05) is 0 Å². The fraction of sp³-hybridized carbons (Fsp3) is 0.714. The Morgan fingerprint density at radius 2 is 1.17 bits per heavy atom. The highest BCUT2D eigenvalue weighted by molar-refractivity contribution is 8.77. The number of hydrogen-bond acceptors (Lipinski definition) is 10. The zero-order valence-electron chi connectivity index (χ0n) is 14.7. The molecule has 2 atom stereocenters. The molecule has 0 radical (unpaired) electrons. The molecule has 0 bridgehead atoms. The van der Waals surface area contributed by atoms with Crippen molar-refractivity contribution in [3.8, 4) is 0 Å². The minimum Gasteiger partial charge on any atom is -0.461 e. The van der Waals surface area contributed by atoms with Crippen LogP contribution in [0.25, 0.3) is 0 Å². The van der Waals surface area contributed by atoms with E-state index in [2.05, 4.69) is 10.3 Å². The first kappa shape index (κ1) is 22.6. The van der Waals surface area contributed by atoms with E-state index in [1.807, 2.05) is 0 Å². The summed E-state index contributed by atoms with van der Waals surface area (Å²) in [6.07, 6.45) is 0. The van der Waals surface area contributed by atoms with Gasteiger partial charge in [0.2, 0.25) is 0 Å². The summed E-state index contributed by atoms with van der Waals surface area (Å²) in [6, 6.07) is 0. The Bertz CT molecular complexity index is 428. The highest BCUT2D eigenvalue weighted by Gasteiger charge is 2.27. The predicted octanol–water partition coefficient (Wildman–Crippen LogP) is 2.28. The maximum atomic E-state index is 11.9. The third kappa shape index (κ3) is 7.91. The van der Waals surface area contributed by atoms with Crippen molar-refractivity contribution in [3.05, 3.63) is 0 Å². The highest BCUT2D eigenvalue weighted by Crippen LogP contribution is 2.33. The topological polar surface area (TPSA) is 95.8 Å². The number of carbonyl (C=O) groups excluding carboxylic acids is 2. The van der Waals surface area contributed by atoms with E-state index in [-0.39, 0.29) is 35.1 Å². The summed E-state index contributed by atoms with van der Waals surface area (Å²) in [4.78, 5) is 33.2. The number of oxime groups is 2.